The molecule has 0 bridgehead atoms. The fourth-order valence-corrected chi connectivity index (χ4v) is 4.47. The van der Waals surface area contributed by atoms with Crippen LogP contribution in [0.25, 0.3) is 0 Å². The predicted octanol–water partition coefficient (Wildman–Crippen LogP) is 4.29. The van der Waals surface area contributed by atoms with Crippen LogP contribution in [0.1, 0.15) is 24.5 Å². The number of carbonyl (C=O) groups is 2. The molecule has 0 radical (unpaired) electrons. The van der Waals surface area contributed by atoms with Crippen LogP contribution >= 0.6 is 11.8 Å². The molecular formula is C21H19F3N2O4S. The first-order chi connectivity index (χ1) is 14.7. The van der Waals surface area contributed by atoms with Crippen LogP contribution in [0.3, 0.4) is 0 Å². The zero-order valence-corrected chi connectivity index (χ0v) is 17.3. The molecule has 2 heterocycles. The average Bonchev–Trinajstić information content (AvgIpc) is 3.19. The van der Waals surface area contributed by atoms with Gasteiger partial charge < -0.3 is 19.7 Å². The Balaban J connectivity index is 1.43. The maximum Gasteiger partial charge on any atom is 0.416 e. The molecule has 31 heavy (non-hydrogen) atoms. The third-order valence-corrected chi connectivity index (χ3v) is 6.31. The van der Waals surface area contributed by atoms with Crippen molar-refractivity contribution in [3.05, 3.63) is 47.5 Å². The van der Waals surface area contributed by atoms with Crippen LogP contribution in [-0.2, 0) is 22.3 Å². The van der Waals surface area contributed by atoms with Gasteiger partial charge in [-0.15, -0.1) is 11.8 Å². The Morgan fingerprint density at radius 3 is 2.71 bits per heavy atom. The number of anilines is 1. The smallest absolute Gasteiger partial charge is 0.416 e. The molecule has 164 valence electrons. The number of fused-ring (bicyclic) bond motifs is 2. The molecule has 10 heteroatoms. The minimum Gasteiger partial charge on any atom is -0.454 e. The van der Waals surface area contributed by atoms with Gasteiger partial charge in [-0.05, 0) is 42.8 Å². The van der Waals surface area contributed by atoms with E-state index in [1.807, 2.05) is 19.1 Å². The van der Waals surface area contributed by atoms with Crippen LogP contribution in [0.5, 0.6) is 11.5 Å². The van der Waals surface area contributed by atoms with Crippen molar-refractivity contribution in [3.8, 4) is 11.5 Å². The number of benzene rings is 2. The van der Waals surface area contributed by atoms with E-state index in [1.54, 1.807) is 11.0 Å². The van der Waals surface area contributed by atoms with E-state index in [-0.39, 0.29) is 24.8 Å². The first-order valence-electron chi connectivity index (χ1n) is 9.59. The minimum atomic E-state index is -4.49. The number of thioether (sulfide) groups is 1. The number of amides is 2. The molecular weight excluding hydrogens is 433 g/mol. The highest BCUT2D eigenvalue weighted by molar-refractivity contribution is 8.01. The number of alkyl halides is 3. The third-order valence-electron chi connectivity index (χ3n) is 5.03. The molecule has 0 spiro atoms. The second-order valence-electron chi connectivity index (χ2n) is 7.10. The highest BCUT2D eigenvalue weighted by Gasteiger charge is 2.34. The molecule has 0 aromatic heterocycles. The number of nitrogens with zero attached hydrogens (tertiary/aromatic N) is 1. The number of halogens is 3. The van der Waals surface area contributed by atoms with Crippen molar-refractivity contribution in [2.75, 3.05) is 18.7 Å². The van der Waals surface area contributed by atoms with Crippen molar-refractivity contribution < 1.29 is 32.2 Å². The predicted molar refractivity (Wildman–Crippen MR) is 108 cm³/mol. The molecule has 6 nitrogen and oxygen atoms in total. The van der Waals surface area contributed by atoms with Crippen LogP contribution < -0.4 is 14.8 Å². The standard InChI is InChI=1S/C21H19F3N2O4S/c1-2-26(10-12-3-5-15-16(7-12)30-11-29-15)19(27)9-18-20(28)25-14-8-13(21(22,23)24)4-6-17(14)31-18/h3-8,18H,2,9-11H2,1H3,(H,25,28)/t18-/m1/s1. The van der Waals surface area contributed by atoms with Gasteiger partial charge in [-0.3, -0.25) is 9.59 Å². The summed E-state index contributed by atoms with van der Waals surface area (Å²) in [6, 6.07) is 8.65. The highest BCUT2D eigenvalue weighted by atomic mass is 32.2. The van der Waals surface area contributed by atoms with E-state index in [2.05, 4.69) is 5.32 Å². The number of nitrogens with one attached hydrogen (secondary N) is 1. The summed E-state index contributed by atoms with van der Waals surface area (Å²) in [5.74, 6) is 0.575. The Bertz CT molecular complexity index is 1030. The third kappa shape index (κ3) is 4.58. The van der Waals surface area contributed by atoms with E-state index >= 15 is 0 Å². The van der Waals surface area contributed by atoms with E-state index in [1.165, 1.54) is 6.07 Å². The number of rotatable bonds is 5. The summed E-state index contributed by atoms with van der Waals surface area (Å²) in [7, 11) is 0. The van der Waals surface area contributed by atoms with Crippen molar-refractivity contribution in [2.45, 2.75) is 36.2 Å². The van der Waals surface area contributed by atoms with Gasteiger partial charge in [0.1, 0.15) is 0 Å². The number of hydrogen-bond acceptors (Lipinski definition) is 5. The van der Waals surface area contributed by atoms with Crippen molar-refractivity contribution in [1.29, 1.82) is 0 Å². The number of carbonyl (C=O) groups excluding carboxylic acids is 2. The summed E-state index contributed by atoms with van der Waals surface area (Å²) in [6.45, 7) is 2.79. The van der Waals surface area contributed by atoms with Gasteiger partial charge in [0.15, 0.2) is 11.5 Å². The van der Waals surface area contributed by atoms with Gasteiger partial charge in [-0.1, -0.05) is 6.07 Å². The topological polar surface area (TPSA) is 67.9 Å². The Morgan fingerprint density at radius 1 is 1.19 bits per heavy atom. The molecule has 0 unspecified atom stereocenters. The lowest BCUT2D eigenvalue weighted by Gasteiger charge is -2.27. The molecule has 2 aromatic rings. The Hall–Kier alpha value is -2.88. The maximum absolute atomic E-state index is 12.9. The van der Waals surface area contributed by atoms with E-state index in [9.17, 15) is 22.8 Å². The lowest BCUT2D eigenvalue weighted by molar-refractivity contribution is -0.137. The maximum atomic E-state index is 12.9. The SMILES string of the molecule is CCN(Cc1ccc2c(c1)OCO2)C(=O)C[C@H]1Sc2ccc(C(F)(F)F)cc2NC1=O. The summed E-state index contributed by atoms with van der Waals surface area (Å²) in [4.78, 5) is 27.4. The summed E-state index contributed by atoms with van der Waals surface area (Å²) in [5, 5.41) is 1.78. The molecule has 1 N–H and O–H groups in total. The number of hydrogen-bond donors (Lipinski definition) is 1. The van der Waals surface area contributed by atoms with Gasteiger partial charge in [0, 0.05) is 24.4 Å². The van der Waals surface area contributed by atoms with Crippen LogP contribution in [0, 0.1) is 0 Å². The van der Waals surface area contributed by atoms with E-state index in [0.29, 0.717) is 29.5 Å². The van der Waals surface area contributed by atoms with Crippen LogP contribution in [0.2, 0.25) is 0 Å². The van der Waals surface area contributed by atoms with Gasteiger partial charge in [-0.25, -0.2) is 0 Å². The Labute approximate surface area is 180 Å². The normalized spacial score (nSPS) is 17.2. The van der Waals surface area contributed by atoms with Crippen molar-refractivity contribution in [3.63, 3.8) is 0 Å². The number of ether oxygens (including phenoxy) is 2. The van der Waals surface area contributed by atoms with Gasteiger partial charge in [0.2, 0.25) is 18.6 Å². The molecule has 0 fully saturated rings. The molecule has 4 rings (SSSR count). The molecule has 2 aliphatic rings. The summed E-state index contributed by atoms with van der Waals surface area (Å²) in [6.07, 6.45) is -4.55. The fraction of sp³-hybridized carbons (Fsp3) is 0.333. The van der Waals surface area contributed by atoms with Crippen LogP contribution in [-0.4, -0.2) is 35.3 Å². The first-order valence-corrected chi connectivity index (χ1v) is 10.5. The van der Waals surface area contributed by atoms with Crippen LogP contribution in [0.15, 0.2) is 41.3 Å². The van der Waals surface area contributed by atoms with Gasteiger partial charge in [0.05, 0.1) is 16.5 Å². The van der Waals surface area contributed by atoms with E-state index in [4.69, 9.17) is 9.47 Å². The van der Waals surface area contributed by atoms with E-state index < -0.39 is 22.9 Å². The minimum absolute atomic E-state index is 0.0602. The summed E-state index contributed by atoms with van der Waals surface area (Å²) in [5.41, 5.74) is 0.147. The largest absolute Gasteiger partial charge is 0.454 e. The Kier molecular flexibility index (Phi) is 5.74. The quantitative estimate of drug-likeness (QED) is 0.733. The van der Waals surface area contributed by atoms with Crippen LogP contribution in [0.4, 0.5) is 18.9 Å². The van der Waals surface area contributed by atoms with Crippen molar-refractivity contribution in [2.24, 2.45) is 0 Å². The summed E-state index contributed by atoms with van der Waals surface area (Å²) < 4.78 is 49.3. The van der Waals surface area contributed by atoms with E-state index in [0.717, 1.165) is 29.5 Å². The van der Waals surface area contributed by atoms with Crippen molar-refractivity contribution in [1.82, 2.24) is 4.90 Å². The zero-order chi connectivity index (χ0) is 22.2. The lowest BCUT2D eigenvalue weighted by Crippen LogP contribution is -2.37. The zero-order valence-electron chi connectivity index (χ0n) is 16.5. The Morgan fingerprint density at radius 2 is 1.97 bits per heavy atom. The fourth-order valence-electron chi connectivity index (χ4n) is 3.38. The molecule has 2 aliphatic heterocycles. The monoisotopic (exact) mass is 452 g/mol. The molecule has 0 saturated carbocycles. The molecule has 2 amide bonds. The van der Waals surface area contributed by atoms with Gasteiger partial charge in [-0.2, -0.15) is 13.2 Å². The lowest BCUT2D eigenvalue weighted by atomic mass is 10.1. The molecule has 0 saturated heterocycles. The second-order valence-corrected chi connectivity index (χ2v) is 8.35. The van der Waals surface area contributed by atoms with Gasteiger partial charge >= 0.3 is 6.18 Å². The highest BCUT2D eigenvalue weighted by Crippen LogP contribution is 2.41. The summed E-state index contributed by atoms with van der Waals surface area (Å²) >= 11 is 1.10. The van der Waals surface area contributed by atoms with Gasteiger partial charge in [0.25, 0.3) is 0 Å². The first kappa shape index (κ1) is 21.4. The average molecular weight is 452 g/mol. The second kappa shape index (κ2) is 8.33. The molecule has 2 aromatic carbocycles. The molecule has 1 atom stereocenters. The molecule has 0 aliphatic carbocycles. The van der Waals surface area contributed by atoms with Crippen molar-refractivity contribution >= 4 is 29.3 Å².